The second kappa shape index (κ2) is 9.27. The lowest BCUT2D eigenvalue weighted by molar-refractivity contribution is -0.138. The van der Waals surface area contributed by atoms with Crippen molar-refractivity contribution in [1.29, 1.82) is 0 Å². The van der Waals surface area contributed by atoms with E-state index in [4.69, 9.17) is 21.4 Å². The minimum Gasteiger partial charge on any atom is -0.489 e. The van der Waals surface area contributed by atoms with Gasteiger partial charge in [0.2, 0.25) is 0 Å². The SMILES string of the molecule is CC(CC(=O)O)N1C=CC2=C(C=NC(c3ccc(OCc4cccc(Cl)c4)cc3)N2)C1. The largest absolute Gasteiger partial charge is 0.489 e. The maximum atomic E-state index is 11.0. The van der Waals surface area contributed by atoms with Gasteiger partial charge in [-0.25, -0.2) is 0 Å². The lowest BCUT2D eigenvalue weighted by atomic mass is 10.0. The van der Waals surface area contributed by atoms with Gasteiger partial charge in [0.25, 0.3) is 0 Å². The van der Waals surface area contributed by atoms with Crippen LogP contribution in [0.2, 0.25) is 5.02 Å². The van der Waals surface area contributed by atoms with Crippen molar-refractivity contribution < 1.29 is 14.6 Å². The number of hydrogen-bond donors (Lipinski definition) is 2. The number of nitrogens with zero attached hydrogens (tertiary/aromatic N) is 2. The smallest absolute Gasteiger partial charge is 0.305 e. The summed E-state index contributed by atoms with van der Waals surface area (Å²) in [6.45, 7) is 3.01. The second-order valence-electron chi connectivity index (χ2n) is 7.69. The lowest BCUT2D eigenvalue weighted by Gasteiger charge is -2.33. The Kier molecular flexibility index (Phi) is 6.28. The summed E-state index contributed by atoms with van der Waals surface area (Å²) in [5, 5.41) is 13.2. The van der Waals surface area contributed by atoms with Crippen LogP contribution in [0.4, 0.5) is 0 Å². The fourth-order valence-corrected chi connectivity index (χ4v) is 3.81. The molecule has 2 aliphatic rings. The second-order valence-corrected chi connectivity index (χ2v) is 8.12. The van der Waals surface area contributed by atoms with Gasteiger partial charge in [-0.05, 0) is 48.4 Å². The number of allylic oxidation sites excluding steroid dienone is 1. The van der Waals surface area contributed by atoms with Crippen LogP contribution in [-0.4, -0.2) is 34.8 Å². The third-order valence-corrected chi connectivity index (χ3v) is 5.56. The summed E-state index contributed by atoms with van der Waals surface area (Å²) in [6, 6.07) is 15.4. The first-order valence-corrected chi connectivity index (χ1v) is 10.5. The van der Waals surface area contributed by atoms with Gasteiger partial charge in [-0.15, -0.1) is 0 Å². The summed E-state index contributed by atoms with van der Waals surface area (Å²) in [4.78, 5) is 17.6. The van der Waals surface area contributed by atoms with E-state index in [1.165, 1.54) is 0 Å². The number of ether oxygens (including phenoxy) is 1. The van der Waals surface area contributed by atoms with E-state index in [-0.39, 0.29) is 18.6 Å². The zero-order valence-corrected chi connectivity index (χ0v) is 17.9. The van der Waals surface area contributed by atoms with E-state index in [0.717, 1.165) is 28.1 Å². The molecule has 2 heterocycles. The van der Waals surface area contributed by atoms with Gasteiger partial charge in [-0.1, -0.05) is 35.9 Å². The van der Waals surface area contributed by atoms with E-state index in [1.54, 1.807) is 0 Å². The molecule has 0 saturated carbocycles. The standard InChI is InChI=1S/C24H24ClN3O3/c1-16(11-23(29)30)28-10-9-22-19(14-28)13-26-24(27-22)18-5-7-21(8-6-18)31-15-17-3-2-4-20(25)12-17/h2-10,12-13,16,24,27H,11,14-15H2,1H3,(H,29,30). The van der Waals surface area contributed by atoms with Gasteiger partial charge in [0.05, 0.1) is 6.42 Å². The molecule has 0 spiro atoms. The summed E-state index contributed by atoms with van der Waals surface area (Å²) < 4.78 is 5.85. The highest BCUT2D eigenvalue weighted by Gasteiger charge is 2.23. The van der Waals surface area contributed by atoms with Gasteiger partial charge in [0.15, 0.2) is 0 Å². The van der Waals surface area contributed by atoms with Crippen molar-refractivity contribution in [2.45, 2.75) is 32.2 Å². The lowest BCUT2D eigenvalue weighted by Crippen LogP contribution is -2.37. The Balaban J connectivity index is 1.35. The zero-order valence-electron chi connectivity index (χ0n) is 17.2. The van der Waals surface area contributed by atoms with Crippen LogP contribution >= 0.6 is 11.6 Å². The monoisotopic (exact) mass is 437 g/mol. The molecule has 0 amide bonds. The van der Waals surface area contributed by atoms with E-state index in [2.05, 4.69) is 10.3 Å². The van der Waals surface area contributed by atoms with Crippen LogP contribution in [-0.2, 0) is 11.4 Å². The van der Waals surface area contributed by atoms with Crippen molar-refractivity contribution in [1.82, 2.24) is 10.2 Å². The molecule has 31 heavy (non-hydrogen) atoms. The molecular weight excluding hydrogens is 414 g/mol. The Bertz CT molecular complexity index is 1050. The maximum absolute atomic E-state index is 11.0. The number of carbonyl (C=O) groups is 1. The maximum Gasteiger partial charge on any atom is 0.305 e. The summed E-state index contributed by atoms with van der Waals surface area (Å²) in [5.41, 5.74) is 4.12. The highest BCUT2D eigenvalue weighted by molar-refractivity contribution is 6.30. The molecule has 2 aromatic rings. The van der Waals surface area contributed by atoms with Crippen LogP contribution in [0.15, 0.2) is 77.1 Å². The normalized spacial score (nSPS) is 18.4. The van der Waals surface area contributed by atoms with E-state index in [9.17, 15) is 4.79 Å². The Morgan fingerprint density at radius 2 is 2.13 bits per heavy atom. The average molecular weight is 438 g/mol. The highest BCUT2D eigenvalue weighted by Crippen LogP contribution is 2.26. The number of nitrogens with one attached hydrogen (secondary N) is 1. The molecule has 2 atom stereocenters. The summed E-state index contributed by atoms with van der Waals surface area (Å²) in [5.74, 6) is -0.0137. The Labute approximate surface area is 186 Å². The third-order valence-electron chi connectivity index (χ3n) is 5.33. The molecule has 0 fully saturated rings. The number of rotatable bonds is 7. The molecule has 0 aromatic heterocycles. The minimum atomic E-state index is -0.795. The summed E-state index contributed by atoms with van der Waals surface area (Å²) in [7, 11) is 0. The molecule has 7 heteroatoms. The van der Waals surface area contributed by atoms with Gasteiger partial charge in [0.1, 0.15) is 18.5 Å². The minimum absolute atomic E-state index is 0.0756. The average Bonchev–Trinajstić information content (AvgIpc) is 2.77. The molecular formula is C24H24ClN3O3. The third kappa shape index (κ3) is 5.27. The first kappa shape index (κ1) is 21.0. The van der Waals surface area contributed by atoms with Gasteiger partial charge < -0.3 is 20.1 Å². The van der Waals surface area contributed by atoms with E-state index < -0.39 is 5.97 Å². The van der Waals surface area contributed by atoms with Gasteiger partial charge >= 0.3 is 5.97 Å². The van der Waals surface area contributed by atoms with Crippen molar-refractivity contribution in [3.8, 4) is 5.75 Å². The van der Waals surface area contributed by atoms with Crippen LogP contribution in [0, 0.1) is 0 Å². The number of aliphatic carboxylic acids is 1. The molecule has 2 aliphatic heterocycles. The molecule has 0 saturated heterocycles. The van der Waals surface area contributed by atoms with Crippen molar-refractivity contribution in [3.63, 3.8) is 0 Å². The van der Waals surface area contributed by atoms with Gasteiger partial charge in [-0.2, -0.15) is 0 Å². The van der Waals surface area contributed by atoms with Crippen LogP contribution in [0.25, 0.3) is 0 Å². The quantitative estimate of drug-likeness (QED) is 0.665. The Morgan fingerprint density at radius 1 is 1.32 bits per heavy atom. The molecule has 2 aromatic carbocycles. The van der Waals surface area contributed by atoms with Gasteiger partial charge in [-0.3, -0.25) is 9.79 Å². The van der Waals surface area contributed by atoms with Crippen molar-refractivity contribution >= 4 is 23.8 Å². The fraction of sp³-hybridized carbons (Fsp3) is 0.250. The molecule has 4 rings (SSSR count). The van der Waals surface area contributed by atoms with Crippen LogP contribution in [0.1, 0.15) is 30.6 Å². The first-order chi connectivity index (χ1) is 15.0. The van der Waals surface area contributed by atoms with Crippen molar-refractivity contribution in [2.24, 2.45) is 4.99 Å². The number of halogens is 1. The molecule has 2 unspecified atom stereocenters. The number of carboxylic acids is 1. The number of benzene rings is 2. The van der Waals surface area contributed by atoms with Gasteiger partial charge in [0, 0.05) is 41.3 Å². The van der Waals surface area contributed by atoms with Crippen molar-refractivity contribution in [3.05, 3.63) is 88.2 Å². The first-order valence-electron chi connectivity index (χ1n) is 10.1. The molecule has 0 bridgehead atoms. The number of aliphatic imine (C=N–C) groups is 1. The predicted octanol–water partition coefficient (Wildman–Crippen LogP) is 4.54. The fourth-order valence-electron chi connectivity index (χ4n) is 3.59. The predicted molar refractivity (Wildman–Crippen MR) is 121 cm³/mol. The zero-order chi connectivity index (χ0) is 21.8. The van der Waals surface area contributed by atoms with E-state index in [0.29, 0.717) is 18.2 Å². The molecule has 2 N–H and O–H groups in total. The van der Waals surface area contributed by atoms with Crippen molar-refractivity contribution in [2.75, 3.05) is 6.54 Å². The molecule has 0 aliphatic carbocycles. The molecule has 0 radical (unpaired) electrons. The van der Waals surface area contributed by atoms with E-state index in [1.807, 2.05) is 78.8 Å². The van der Waals surface area contributed by atoms with Crippen LogP contribution in [0.5, 0.6) is 5.75 Å². The Morgan fingerprint density at radius 3 is 2.87 bits per heavy atom. The summed E-state index contributed by atoms with van der Waals surface area (Å²) >= 11 is 6.01. The number of carboxylic acid groups (broad SMARTS) is 1. The molecule has 160 valence electrons. The topological polar surface area (TPSA) is 74.2 Å². The van der Waals surface area contributed by atoms with Crippen LogP contribution < -0.4 is 10.1 Å². The van der Waals surface area contributed by atoms with E-state index >= 15 is 0 Å². The van der Waals surface area contributed by atoms with Crippen LogP contribution in [0.3, 0.4) is 0 Å². The number of hydrogen-bond acceptors (Lipinski definition) is 5. The summed E-state index contributed by atoms with van der Waals surface area (Å²) in [6.07, 6.45) is 5.74. The highest BCUT2D eigenvalue weighted by atomic mass is 35.5. The molecule has 6 nitrogen and oxygen atoms in total. The Hall–Kier alpha value is -3.25.